The monoisotopic (exact) mass is 359 g/mol. The molecular weight excluding hydrogens is 337 g/mol. The first kappa shape index (κ1) is 18.0. The zero-order chi connectivity index (χ0) is 16.2. The van der Waals surface area contributed by atoms with Gasteiger partial charge >= 0.3 is 6.09 Å². The van der Waals surface area contributed by atoms with Gasteiger partial charge in [-0.2, -0.15) is 0 Å². The van der Waals surface area contributed by atoms with E-state index in [0.29, 0.717) is 16.6 Å². The molecule has 0 atom stereocenters. The Morgan fingerprint density at radius 3 is 2.48 bits per heavy atom. The van der Waals surface area contributed by atoms with Gasteiger partial charge in [0.15, 0.2) is 0 Å². The van der Waals surface area contributed by atoms with Gasteiger partial charge in [-0.05, 0) is 38.8 Å². The number of amides is 1. The lowest BCUT2D eigenvalue weighted by molar-refractivity contribution is 0.0209. The third-order valence-corrected chi connectivity index (χ3v) is 3.39. The lowest BCUT2D eigenvalue weighted by Crippen LogP contribution is -2.38. The average Bonchev–Trinajstić information content (AvgIpc) is 2.29. The maximum absolute atomic E-state index is 13.9. The van der Waals surface area contributed by atoms with Crippen molar-refractivity contribution >= 4 is 22.0 Å². The van der Waals surface area contributed by atoms with Crippen LogP contribution < -0.4 is 0 Å². The number of nitrogens with zero attached hydrogens (tertiary/aromatic N) is 1. The van der Waals surface area contributed by atoms with E-state index in [1.165, 1.54) is 6.07 Å². The zero-order valence-corrected chi connectivity index (χ0v) is 14.8. The van der Waals surface area contributed by atoms with Crippen LogP contribution in [0.1, 0.15) is 40.2 Å². The number of ether oxygens (including phenoxy) is 1. The van der Waals surface area contributed by atoms with E-state index in [9.17, 15) is 9.18 Å². The summed E-state index contributed by atoms with van der Waals surface area (Å²) in [7, 11) is 0. The maximum atomic E-state index is 13.9. The second-order valence-corrected chi connectivity index (χ2v) is 7.31. The molecule has 0 aromatic heterocycles. The number of carbonyl (C=O) groups is 1. The summed E-state index contributed by atoms with van der Waals surface area (Å²) < 4.78 is 20.0. The molecule has 0 aliphatic carbocycles. The smallest absolute Gasteiger partial charge is 0.410 e. The summed E-state index contributed by atoms with van der Waals surface area (Å²) in [5, 5.41) is 0. The first-order chi connectivity index (χ1) is 9.60. The minimum atomic E-state index is -0.571. The number of halogens is 2. The Balaban J connectivity index is 2.96. The van der Waals surface area contributed by atoms with Gasteiger partial charge in [0.1, 0.15) is 11.4 Å². The van der Waals surface area contributed by atoms with Crippen LogP contribution in [0.3, 0.4) is 0 Å². The highest BCUT2D eigenvalue weighted by Gasteiger charge is 2.24. The molecule has 0 spiro atoms. The second kappa shape index (κ2) is 7.25. The minimum Gasteiger partial charge on any atom is -0.444 e. The van der Waals surface area contributed by atoms with Crippen LogP contribution in [0.4, 0.5) is 9.18 Å². The molecule has 3 nitrogen and oxygen atoms in total. The van der Waals surface area contributed by atoms with Crippen LogP contribution in [0.5, 0.6) is 0 Å². The fraction of sp³-hybridized carbons (Fsp3) is 0.562. The van der Waals surface area contributed by atoms with Crippen molar-refractivity contribution in [3.8, 4) is 0 Å². The van der Waals surface area contributed by atoms with E-state index >= 15 is 0 Å². The van der Waals surface area contributed by atoms with Crippen molar-refractivity contribution in [2.24, 2.45) is 5.92 Å². The summed E-state index contributed by atoms with van der Waals surface area (Å²) in [6.07, 6.45) is -0.425. The van der Waals surface area contributed by atoms with Crippen LogP contribution >= 0.6 is 15.9 Å². The van der Waals surface area contributed by atoms with Crippen LogP contribution in [-0.2, 0) is 11.3 Å². The molecule has 0 aliphatic heterocycles. The fourth-order valence-electron chi connectivity index (χ4n) is 1.85. The van der Waals surface area contributed by atoms with Gasteiger partial charge in [-0.25, -0.2) is 9.18 Å². The second-order valence-electron chi connectivity index (χ2n) is 6.45. The highest BCUT2D eigenvalue weighted by atomic mass is 79.9. The number of rotatable bonds is 4. The summed E-state index contributed by atoms with van der Waals surface area (Å²) in [6, 6.07) is 4.78. The molecule has 1 aromatic rings. The summed E-state index contributed by atoms with van der Waals surface area (Å²) >= 11 is 3.33. The van der Waals surface area contributed by atoms with Gasteiger partial charge in [-0.15, -0.1) is 0 Å². The number of benzene rings is 1. The Morgan fingerprint density at radius 2 is 2.00 bits per heavy atom. The van der Waals surface area contributed by atoms with E-state index in [1.807, 2.05) is 34.6 Å². The molecule has 0 fully saturated rings. The molecule has 0 heterocycles. The van der Waals surface area contributed by atoms with Gasteiger partial charge in [0.2, 0.25) is 0 Å². The van der Waals surface area contributed by atoms with E-state index in [2.05, 4.69) is 15.9 Å². The summed E-state index contributed by atoms with van der Waals surface area (Å²) in [5.41, 5.74) is -0.109. The molecule has 1 amide bonds. The third kappa shape index (κ3) is 6.04. The summed E-state index contributed by atoms with van der Waals surface area (Å²) in [5.74, 6) is -0.0650. The molecule has 0 radical (unpaired) electrons. The Morgan fingerprint density at radius 1 is 1.38 bits per heavy atom. The van der Waals surface area contributed by atoms with Crippen molar-refractivity contribution in [3.63, 3.8) is 0 Å². The van der Waals surface area contributed by atoms with Crippen LogP contribution in [0, 0.1) is 11.7 Å². The molecule has 0 saturated heterocycles. The van der Waals surface area contributed by atoms with E-state index in [1.54, 1.807) is 17.0 Å². The predicted molar refractivity (Wildman–Crippen MR) is 85.6 cm³/mol. The standard InChI is InChI=1S/C16H23BrFNO2/c1-11(2)9-19(15(20)21-16(3,4)5)10-12-13(17)7-6-8-14(12)18/h6-8,11H,9-10H2,1-5H3. The van der Waals surface area contributed by atoms with Crippen LogP contribution in [0.25, 0.3) is 0 Å². The zero-order valence-electron chi connectivity index (χ0n) is 13.2. The molecule has 21 heavy (non-hydrogen) atoms. The van der Waals surface area contributed by atoms with Crippen molar-refractivity contribution in [3.05, 3.63) is 34.1 Å². The normalized spacial score (nSPS) is 11.6. The van der Waals surface area contributed by atoms with E-state index in [0.717, 1.165) is 0 Å². The molecule has 1 rings (SSSR count). The summed E-state index contributed by atoms with van der Waals surface area (Å²) in [4.78, 5) is 13.8. The van der Waals surface area contributed by atoms with Crippen LogP contribution in [-0.4, -0.2) is 23.1 Å². The lowest BCUT2D eigenvalue weighted by atomic mass is 10.1. The fourth-order valence-corrected chi connectivity index (χ4v) is 2.31. The van der Waals surface area contributed by atoms with E-state index < -0.39 is 11.7 Å². The quantitative estimate of drug-likeness (QED) is 0.758. The highest BCUT2D eigenvalue weighted by molar-refractivity contribution is 9.10. The SMILES string of the molecule is CC(C)CN(Cc1c(F)cccc1Br)C(=O)OC(C)(C)C. The van der Waals surface area contributed by atoms with E-state index in [4.69, 9.17) is 4.74 Å². The molecular formula is C16H23BrFNO2. The van der Waals surface area contributed by atoms with Crippen molar-refractivity contribution in [1.29, 1.82) is 0 Å². The van der Waals surface area contributed by atoms with Gasteiger partial charge in [0.25, 0.3) is 0 Å². The average molecular weight is 360 g/mol. The van der Waals surface area contributed by atoms with Crippen molar-refractivity contribution in [2.75, 3.05) is 6.54 Å². The maximum Gasteiger partial charge on any atom is 0.410 e. The third-order valence-electron chi connectivity index (χ3n) is 2.65. The number of hydrogen-bond acceptors (Lipinski definition) is 2. The number of carbonyl (C=O) groups excluding carboxylic acids is 1. The van der Waals surface area contributed by atoms with Gasteiger partial charge < -0.3 is 9.64 Å². The Kier molecular flexibility index (Phi) is 6.20. The minimum absolute atomic E-state index is 0.181. The van der Waals surface area contributed by atoms with E-state index in [-0.39, 0.29) is 18.3 Å². The van der Waals surface area contributed by atoms with Crippen LogP contribution in [0.2, 0.25) is 0 Å². The highest BCUT2D eigenvalue weighted by Crippen LogP contribution is 2.23. The molecule has 0 unspecified atom stereocenters. The first-order valence-corrected chi connectivity index (χ1v) is 7.80. The van der Waals surface area contributed by atoms with Crippen LogP contribution in [0.15, 0.2) is 22.7 Å². The molecule has 1 aromatic carbocycles. The molecule has 5 heteroatoms. The first-order valence-electron chi connectivity index (χ1n) is 7.01. The Hall–Kier alpha value is -1.10. The largest absolute Gasteiger partial charge is 0.444 e. The number of hydrogen-bond donors (Lipinski definition) is 0. The lowest BCUT2D eigenvalue weighted by Gasteiger charge is -2.29. The van der Waals surface area contributed by atoms with Gasteiger partial charge in [0.05, 0.1) is 6.54 Å². The Bertz CT molecular complexity index is 477. The van der Waals surface area contributed by atoms with Gasteiger partial charge in [-0.3, -0.25) is 0 Å². The van der Waals surface area contributed by atoms with Crippen molar-refractivity contribution in [1.82, 2.24) is 4.90 Å². The molecule has 0 saturated carbocycles. The van der Waals surface area contributed by atoms with Gasteiger partial charge in [-0.1, -0.05) is 35.8 Å². The molecule has 0 bridgehead atoms. The van der Waals surface area contributed by atoms with Gasteiger partial charge in [0, 0.05) is 16.6 Å². The Labute approximate surface area is 134 Å². The molecule has 0 N–H and O–H groups in total. The molecule has 0 aliphatic rings. The molecule has 118 valence electrons. The predicted octanol–water partition coefficient (Wildman–Crippen LogP) is 4.98. The summed E-state index contributed by atoms with van der Waals surface area (Å²) in [6.45, 7) is 10.2. The van der Waals surface area contributed by atoms with Crippen molar-refractivity contribution < 1.29 is 13.9 Å². The topological polar surface area (TPSA) is 29.5 Å². The van der Waals surface area contributed by atoms with Crippen molar-refractivity contribution in [2.45, 2.75) is 46.8 Å².